The highest BCUT2D eigenvalue weighted by atomic mass is 32.1. The second-order valence-corrected chi connectivity index (χ2v) is 7.92. The van der Waals surface area contributed by atoms with Gasteiger partial charge in [-0.3, -0.25) is 4.79 Å². The van der Waals surface area contributed by atoms with Crippen molar-refractivity contribution in [3.8, 4) is 0 Å². The number of nitrogens with zero attached hydrogens (tertiary/aromatic N) is 3. The van der Waals surface area contributed by atoms with Crippen molar-refractivity contribution in [1.29, 1.82) is 0 Å². The van der Waals surface area contributed by atoms with Crippen LogP contribution in [0.4, 0.5) is 9.52 Å². The van der Waals surface area contributed by atoms with Crippen LogP contribution < -0.4 is 5.32 Å². The Morgan fingerprint density at radius 3 is 2.71 bits per heavy atom. The lowest BCUT2D eigenvalue weighted by molar-refractivity contribution is -0.134. The van der Waals surface area contributed by atoms with E-state index >= 15 is 0 Å². The lowest BCUT2D eigenvalue weighted by atomic mass is 10.0. The predicted molar refractivity (Wildman–Crippen MR) is 108 cm³/mol. The van der Waals surface area contributed by atoms with Crippen molar-refractivity contribution in [2.24, 2.45) is 0 Å². The molecule has 0 bridgehead atoms. The zero-order chi connectivity index (χ0) is 19.3. The number of anilines is 1. The summed E-state index contributed by atoms with van der Waals surface area (Å²) in [6.07, 6.45) is 2.11. The van der Waals surface area contributed by atoms with Gasteiger partial charge in [0.25, 0.3) is 0 Å². The molecule has 7 heteroatoms. The summed E-state index contributed by atoms with van der Waals surface area (Å²) in [5.41, 5.74) is 1.72. The number of hydrogen-bond donors (Lipinski definition) is 1. The van der Waals surface area contributed by atoms with Gasteiger partial charge in [0.2, 0.25) is 11.0 Å². The zero-order valence-electron chi connectivity index (χ0n) is 15.3. The summed E-state index contributed by atoms with van der Waals surface area (Å²) in [7, 11) is 0. The topological polar surface area (TPSA) is 58.1 Å². The van der Waals surface area contributed by atoms with Crippen LogP contribution in [0, 0.1) is 5.82 Å². The number of hydrogen-bond acceptors (Lipinski definition) is 5. The van der Waals surface area contributed by atoms with Crippen LogP contribution in [0.15, 0.2) is 54.6 Å². The molecule has 144 valence electrons. The first-order valence-corrected chi connectivity index (χ1v) is 10.2. The highest BCUT2D eigenvalue weighted by Gasteiger charge is 2.29. The largest absolute Gasteiger partial charge is 0.348 e. The van der Waals surface area contributed by atoms with Crippen molar-refractivity contribution in [2.75, 3.05) is 11.9 Å². The summed E-state index contributed by atoms with van der Waals surface area (Å²) in [4.78, 5) is 14.7. The number of benzene rings is 2. The number of nitrogens with one attached hydrogen (secondary N) is 1. The van der Waals surface area contributed by atoms with Gasteiger partial charge < -0.3 is 10.2 Å². The zero-order valence-corrected chi connectivity index (χ0v) is 16.2. The van der Waals surface area contributed by atoms with Gasteiger partial charge in [-0.25, -0.2) is 4.39 Å². The number of likely N-dealkylation sites (tertiary alicyclic amines) is 1. The molecule has 0 spiro atoms. The monoisotopic (exact) mass is 396 g/mol. The lowest BCUT2D eigenvalue weighted by Gasteiger charge is -2.32. The van der Waals surface area contributed by atoms with E-state index in [0.717, 1.165) is 30.0 Å². The number of carbonyl (C=O) groups excluding carboxylic acids is 1. The first kappa shape index (κ1) is 18.6. The van der Waals surface area contributed by atoms with Crippen molar-refractivity contribution in [1.82, 2.24) is 15.1 Å². The van der Waals surface area contributed by atoms with Crippen LogP contribution in [0.2, 0.25) is 0 Å². The molecule has 0 radical (unpaired) electrons. The lowest BCUT2D eigenvalue weighted by Crippen LogP contribution is -2.47. The van der Waals surface area contributed by atoms with Crippen molar-refractivity contribution < 1.29 is 9.18 Å². The van der Waals surface area contributed by atoms with Crippen LogP contribution in [0.5, 0.6) is 0 Å². The highest BCUT2D eigenvalue weighted by molar-refractivity contribution is 7.15. The summed E-state index contributed by atoms with van der Waals surface area (Å²) >= 11 is 1.37. The van der Waals surface area contributed by atoms with Crippen LogP contribution in [-0.2, 0) is 17.8 Å². The molecule has 1 N–H and O–H groups in total. The van der Waals surface area contributed by atoms with Gasteiger partial charge in [0, 0.05) is 19.5 Å². The fourth-order valence-electron chi connectivity index (χ4n) is 3.37. The molecular weight excluding hydrogens is 375 g/mol. The number of carbonyl (C=O) groups is 1. The van der Waals surface area contributed by atoms with E-state index in [1.807, 2.05) is 35.2 Å². The number of aromatic nitrogens is 2. The molecule has 1 fully saturated rings. The third kappa shape index (κ3) is 4.36. The van der Waals surface area contributed by atoms with Crippen LogP contribution in [0.25, 0.3) is 0 Å². The summed E-state index contributed by atoms with van der Waals surface area (Å²) in [5.74, 6) is -0.160. The Bertz CT molecular complexity index is 946. The normalized spacial score (nSPS) is 17.0. The molecule has 1 aliphatic rings. The maximum Gasteiger partial charge on any atom is 0.245 e. The highest BCUT2D eigenvalue weighted by Crippen LogP contribution is 2.23. The van der Waals surface area contributed by atoms with Crippen LogP contribution in [0.3, 0.4) is 0 Å². The molecule has 1 aliphatic heterocycles. The van der Waals surface area contributed by atoms with E-state index in [9.17, 15) is 9.18 Å². The van der Waals surface area contributed by atoms with Gasteiger partial charge in [-0.1, -0.05) is 59.9 Å². The molecule has 1 unspecified atom stereocenters. The molecule has 4 rings (SSSR count). The Balaban J connectivity index is 1.39. The molecular formula is C21H21FN4OS. The Hall–Kier alpha value is -2.80. The van der Waals surface area contributed by atoms with Crippen molar-refractivity contribution in [3.63, 3.8) is 0 Å². The second kappa shape index (κ2) is 8.48. The molecule has 1 amide bonds. The first-order chi connectivity index (χ1) is 13.7. The Morgan fingerprint density at radius 2 is 1.89 bits per heavy atom. The van der Waals surface area contributed by atoms with Crippen LogP contribution >= 0.6 is 11.3 Å². The summed E-state index contributed by atoms with van der Waals surface area (Å²) in [5, 5.41) is 12.8. The summed E-state index contributed by atoms with van der Waals surface area (Å²) < 4.78 is 13.8. The summed E-state index contributed by atoms with van der Waals surface area (Å²) in [6, 6.07) is 16.4. The maximum absolute atomic E-state index is 13.8. The van der Waals surface area contributed by atoms with Gasteiger partial charge in [0.05, 0.1) is 0 Å². The average Bonchev–Trinajstić information content (AvgIpc) is 3.15. The van der Waals surface area contributed by atoms with Crippen molar-refractivity contribution in [3.05, 3.63) is 76.5 Å². The molecule has 2 aromatic carbocycles. The van der Waals surface area contributed by atoms with E-state index in [1.165, 1.54) is 17.4 Å². The molecule has 1 saturated heterocycles. The Morgan fingerprint density at radius 1 is 1.11 bits per heavy atom. The fourth-order valence-corrected chi connectivity index (χ4v) is 4.19. The maximum atomic E-state index is 13.8. The minimum absolute atomic E-state index is 0.0842. The van der Waals surface area contributed by atoms with E-state index < -0.39 is 0 Å². The molecule has 1 aromatic heterocycles. The number of amides is 1. The fraction of sp³-hybridized carbons (Fsp3) is 0.286. The quantitative estimate of drug-likeness (QED) is 0.687. The third-order valence-electron chi connectivity index (χ3n) is 4.81. The van der Waals surface area contributed by atoms with E-state index in [2.05, 4.69) is 15.5 Å². The molecule has 0 aliphatic carbocycles. The minimum Gasteiger partial charge on any atom is -0.348 e. The predicted octanol–water partition coefficient (Wildman–Crippen LogP) is 3.87. The minimum atomic E-state index is -0.299. The first-order valence-electron chi connectivity index (χ1n) is 9.34. The molecule has 2 heterocycles. The average molecular weight is 396 g/mol. The standard InChI is InChI=1S/C21H21FN4OS/c22-17-10-5-4-9-16(17)13-19-24-25-21(28-19)23-18-11-6-12-26(20(18)27)14-15-7-2-1-3-8-15/h1-5,7-10,18H,6,11-14H2,(H,23,25). The van der Waals surface area contributed by atoms with Crippen LogP contribution in [-0.4, -0.2) is 33.6 Å². The third-order valence-corrected chi connectivity index (χ3v) is 5.67. The second-order valence-electron chi connectivity index (χ2n) is 6.85. The van der Waals surface area contributed by atoms with Crippen molar-refractivity contribution >= 4 is 22.4 Å². The molecule has 3 aromatic rings. The number of rotatable bonds is 6. The van der Waals surface area contributed by atoms with Crippen LogP contribution in [0.1, 0.15) is 29.0 Å². The van der Waals surface area contributed by atoms with Gasteiger partial charge in [0.1, 0.15) is 16.9 Å². The van der Waals surface area contributed by atoms with E-state index in [-0.39, 0.29) is 17.8 Å². The molecule has 1 atom stereocenters. The van der Waals surface area contributed by atoms with Gasteiger partial charge >= 0.3 is 0 Å². The SMILES string of the molecule is O=C1C(Nc2nnc(Cc3ccccc3F)s2)CCCN1Cc1ccccc1. The molecule has 28 heavy (non-hydrogen) atoms. The number of halogens is 1. The van der Waals surface area contributed by atoms with Gasteiger partial charge in [-0.15, -0.1) is 10.2 Å². The van der Waals surface area contributed by atoms with E-state index in [4.69, 9.17) is 0 Å². The summed E-state index contributed by atoms with van der Waals surface area (Å²) in [6.45, 7) is 1.38. The van der Waals surface area contributed by atoms with Crippen molar-refractivity contribution in [2.45, 2.75) is 31.8 Å². The van der Waals surface area contributed by atoms with Gasteiger partial charge in [-0.05, 0) is 30.0 Å². The number of piperidine rings is 1. The van der Waals surface area contributed by atoms with E-state index in [1.54, 1.807) is 18.2 Å². The Kier molecular flexibility index (Phi) is 5.62. The van der Waals surface area contributed by atoms with Gasteiger partial charge in [-0.2, -0.15) is 0 Å². The molecule has 0 saturated carbocycles. The Labute approximate surface area is 167 Å². The smallest absolute Gasteiger partial charge is 0.245 e. The van der Waals surface area contributed by atoms with Gasteiger partial charge in [0.15, 0.2) is 0 Å². The van der Waals surface area contributed by atoms with E-state index in [0.29, 0.717) is 23.7 Å². The molecule has 5 nitrogen and oxygen atoms in total.